The van der Waals surface area contributed by atoms with E-state index in [9.17, 15) is 0 Å². The third-order valence-electron chi connectivity index (χ3n) is 2.52. The SMILES string of the molecule is C=CCOc1ccc(CNc2ccc(Br)nc2)cc1. The number of hydrogen-bond donors (Lipinski definition) is 1. The Morgan fingerprint density at radius 3 is 2.63 bits per heavy atom. The van der Waals surface area contributed by atoms with Crippen molar-refractivity contribution in [1.29, 1.82) is 0 Å². The highest BCUT2D eigenvalue weighted by Crippen LogP contribution is 2.15. The summed E-state index contributed by atoms with van der Waals surface area (Å²) in [5.41, 5.74) is 2.18. The zero-order valence-electron chi connectivity index (χ0n) is 10.5. The first kappa shape index (κ1) is 13.6. The van der Waals surface area contributed by atoms with E-state index in [1.807, 2.05) is 36.4 Å². The summed E-state index contributed by atoms with van der Waals surface area (Å²) in [5, 5.41) is 3.31. The molecule has 1 heterocycles. The van der Waals surface area contributed by atoms with Gasteiger partial charge in [0.15, 0.2) is 0 Å². The number of halogens is 1. The van der Waals surface area contributed by atoms with Crippen LogP contribution in [0.1, 0.15) is 5.56 Å². The van der Waals surface area contributed by atoms with Crippen molar-refractivity contribution in [3.8, 4) is 5.75 Å². The van der Waals surface area contributed by atoms with Crippen molar-refractivity contribution in [1.82, 2.24) is 4.98 Å². The van der Waals surface area contributed by atoms with Crippen molar-refractivity contribution in [2.75, 3.05) is 11.9 Å². The Morgan fingerprint density at radius 2 is 2.00 bits per heavy atom. The molecule has 4 heteroatoms. The molecule has 3 nitrogen and oxygen atoms in total. The van der Waals surface area contributed by atoms with Crippen molar-refractivity contribution in [3.05, 3.63) is 65.4 Å². The predicted molar refractivity (Wildman–Crippen MR) is 81.4 cm³/mol. The van der Waals surface area contributed by atoms with Crippen molar-refractivity contribution in [3.63, 3.8) is 0 Å². The highest BCUT2D eigenvalue weighted by atomic mass is 79.9. The number of hydrogen-bond acceptors (Lipinski definition) is 3. The van der Waals surface area contributed by atoms with Crippen LogP contribution >= 0.6 is 15.9 Å². The van der Waals surface area contributed by atoms with Crippen LogP contribution in [0.5, 0.6) is 5.75 Å². The summed E-state index contributed by atoms with van der Waals surface area (Å²) < 4.78 is 6.27. The molecule has 0 aliphatic rings. The molecule has 2 aromatic rings. The second kappa shape index (κ2) is 6.95. The molecule has 2 rings (SSSR count). The van der Waals surface area contributed by atoms with Crippen LogP contribution in [-0.4, -0.2) is 11.6 Å². The summed E-state index contributed by atoms with van der Waals surface area (Å²) in [6, 6.07) is 11.9. The van der Waals surface area contributed by atoms with Gasteiger partial charge in [0.1, 0.15) is 17.0 Å². The van der Waals surface area contributed by atoms with Gasteiger partial charge in [-0.1, -0.05) is 24.8 Å². The molecule has 98 valence electrons. The molecule has 0 spiro atoms. The van der Waals surface area contributed by atoms with Gasteiger partial charge in [-0.15, -0.1) is 0 Å². The van der Waals surface area contributed by atoms with Crippen LogP contribution in [0, 0.1) is 0 Å². The van der Waals surface area contributed by atoms with Crippen LogP contribution in [0.15, 0.2) is 59.9 Å². The van der Waals surface area contributed by atoms with E-state index in [0.29, 0.717) is 6.61 Å². The zero-order valence-corrected chi connectivity index (χ0v) is 12.1. The second-order valence-electron chi connectivity index (χ2n) is 3.97. The number of benzene rings is 1. The minimum Gasteiger partial charge on any atom is -0.490 e. The molecule has 1 N–H and O–H groups in total. The van der Waals surface area contributed by atoms with E-state index >= 15 is 0 Å². The molecular weight excluding hydrogens is 304 g/mol. The maximum Gasteiger partial charge on any atom is 0.119 e. The lowest BCUT2D eigenvalue weighted by molar-refractivity contribution is 0.363. The van der Waals surface area contributed by atoms with Crippen molar-refractivity contribution >= 4 is 21.6 Å². The van der Waals surface area contributed by atoms with E-state index in [1.54, 1.807) is 12.3 Å². The van der Waals surface area contributed by atoms with Gasteiger partial charge in [-0.3, -0.25) is 0 Å². The molecule has 0 saturated heterocycles. The molecule has 0 radical (unpaired) electrons. The Labute approximate surface area is 121 Å². The first-order valence-electron chi connectivity index (χ1n) is 5.96. The number of anilines is 1. The Morgan fingerprint density at radius 1 is 1.21 bits per heavy atom. The molecule has 19 heavy (non-hydrogen) atoms. The second-order valence-corrected chi connectivity index (χ2v) is 4.78. The fourth-order valence-electron chi connectivity index (χ4n) is 1.54. The maximum atomic E-state index is 5.43. The lowest BCUT2D eigenvalue weighted by Crippen LogP contribution is -2.00. The Bertz CT molecular complexity index is 523. The van der Waals surface area contributed by atoms with E-state index in [-0.39, 0.29) is 0 Å². The summed E-state index contributed by atoms with van der Waals surface area (Å²) in [6.07, 6.45) is 3.53. The Hall–Kier alpha value is -1.81. The fraction of sp³-hybridized carbons (Fsp3) is 0.133. The van der Waals surface area contributed by atoms with Gasteiger partial charge in [-0.2, -0.15) is 0 Å². The Kier molecular flexibility index (Phi) is 4.98. The van der Waals surface area contributed by atoms with Gasteiger partial charge in [0.25, 0.3) is 0 Å². The van der Waals surface area contributed by atoms with Gasteiger partial charge in [0.05, 0.1) is 11.9 Å². The smallest absolute Gasteiger partial charge is 0.119 e. The average Bonchev–Trinajstić information content (AvgIpc) is 2.46. The topological polar surface area (TPSA) is 34.1 Å². The normalized spacial score (nSPS) is 9.95. The van der Waals surface area contributed by atoms with Gasteiger partial charge in [-0.05, 0) is 45.8 Å². The Balaban J connectivity index is 1.89. The van der Waals surface area contributed by atoms with Gasteiger partial charge in [0, 0.05) is 6.54 Å². The van der Waals surface area contributed by atoms with E-state index in [1.165, 1.54) is 5.56 Å². The summed E-state index contributed by atoms with van der Waals surface area (Å²) >= 11 is 3.31. The van der Waals surface area contributed by atoms with Crippen molar-refractivity contribution < 1.29 is 4.74 Å². The lowest BCUT2D eigenvalue weighted by Gasteiger charge is -2.07. The number of nitrogens with one attached hydrogen (secondary N) is 1. The molecule has 0 unspecified atom stereocenters. The van der Waals surface area contributed by atoms with E-state index in [2.05, 4.69) is 32.8 Å². The van der Waals surface area contributed by atoms with Crippen molar-refractivity contribution in [2.24, 2.45) is 0 Å². The molecule has 1 aromatic carbocycles. The van der Waals surface area contributed by atoms with Crippen LogP contribution in [0.4, 0.5) is 5.69 Å². The largest absolute Gasteiger partial charge is 0.490 e. The van der Waals surface area contributed by atoms with E-state index < -0.39 is 0 Å². The molecule has 1 aromatic heterocycles. The number of pyridine rings is 1. The summed E-state index contributed by atoms with van der Waals surface area (Å²) in [7, 11) is 0. The van der Waals surface area contributed by atoms with Gasteiger partial charge >= 0.3 is 0 Å². The standard InChI is InChI=1S/C15H15BrN2O/c1-2-9-19-14-6-3-12(4-7-14)10-17-13-5-8-15(16)18-11-13/h2-8,11,17H,1,9-10H2. The third-order valence-corrected chi connectivity index (χ3v) is 2.98. The highest BCUT2D eigenvalue weighted by Gasteiger charge is 1.96. The monoisotopic (exact) mass is 318 g/mol. The minimum atomic E-state index is 0.530. The predicted octanol–water partition coefficient (Wildman–Crippen LogP) is 4.02. The molecule has 0 aliphatic heterocycles. The first-order valence-corrected chi connectivity index (χ1v) is 6.75. The quantitative estimate of drug-likeness (QED) is 0.645. The van der Waals surface area contributed by atoms with Gasteiger partial charge < -0.3 is 10.1 Å². The minimum absolute atomic E-state index is 0.530. The van der Waals surface area contributed by atoms with Crippen LogP contribution in [0.25, 0.3) is 0 Å². The van der Waals surface area contributed by atoms with Crippen LogP contribution in [0.3, 0.4) is 0 Å². The van der Waals surface area contributed by atoms with Crippen LogP contribution in [-0.2, 0) is 6.54 Å². The molecule has 0 fully saturated rings. The lowest BCUT2D eigenvalue weighted by atomic mass is 10.2. The highest BCUT2D eigenvalue weighted by molar-refractivity contribution is 9.10. The van der Waals surface area contributed by atoms with Crippen LogP contribution in [0.2, 0.25) is 0 Å². The number of ether oxygens (including phenoxy) is 1. The first-order chi connectivity index (χ1) is 9.28. The zero-order chi connectivity index (χ0) is 13.5. The number of aromatic nitrogens is 1. The van der Waals surface area contributed by atoms with E-state index in [0.717, 1.165) is 22.6 Å². The molecule has 0 saturated carbocycles. The number of nitrogens with zero attached hydrogens (tertiary/aromatic N) is 1. The van der Waals surface area contributed by atoms with E-state index in [4.69, 9.17) is 4.74 Å². The number of rotatable bonds is 6. The summed E-state index contributed by atoms with van der Waals surface area (Å²) in [6.45, 7) is 4.90. The summed E-state index contributed by atoms with van der Waals surface area (Å²) in [5.74, 6) is 0.856. The molecule has 0 amide bonds. The molecule has 0 bridgehead atoms. The molecule has 0 atom stereocenters. The fourth-order valence-corrected chi connectivity index (χ4v) is 1.78. The van der Waals surface area contributed by atoms with Gasteiger partial charge in [-0.25, -0.2) is 4.98 Å². The maximum absolute atomic E-state index is 5.43. The third kappa shape index (κ3) is 4.41. The van der Waals surface area contributed by atoms with Gasteiger partial charge in [0.2, 0.25) is 0 Å². The van der Waals surface area contributed by atoms with Crippen LogP contribution < -0.4 is 10.1 Å². The average molecular weight is 319 g/mol. The summed E-state index contributed by atoms with van der Waals surface area (Å²) in [4.78, 5) is 4.16. The molecule has 0 aliphatic carbocycles. The van der Waals surface area contributed by atoms with Crippen molar-refractivity contribution in [2.45, 2.75) is 6.54 Å². The molecular formula is C15H15BrN2O.